The molecule has 0 aliphatic heterocycles. The van der Waals surface area contributed by atoms with E-state index in [1.165, 1.54) is 122 Å². The summed E-state index contributed by atoms with van der Waals surface area (Å²) in [6.07, 6.45) is 57.1. The van der Waals surface area contributed by atoms with E-state index in [0.717, 1.165) is 64.2 Å². The van der Waals surface area contributed by atoms with Gasteiger partial charge in [0, 0.05) is 6.42 Å². The summed E-state index contributed by atoms with van der Waals surface area (Å²) in [5, 5.41) is 23.7. The molecule has 0 fully saturated rings. The summed E-state index contributed by atoms with van der Waals surface area (Å²) >= 11 is 0. The lowest BCUT2D eigenvalue weighted by Crippen LogP contribution is -2.46. The number of aliphatic hydroxyl groups is 2. The van der Waals surface area contributed by atoms with E-state index < -0.39 is 18.2 Å². The van der Waals surface area contributed by atoms with Gasteiger partial charge in [0.15, 0.2) is 0 Å². The van der Waals surface area contributed by atoms with Crippen molar-refractivity contribution in [2.45, 2.75) is 257 Å². The summed E-state index contributed by atoms with van der Waals surface area (Å²) in [7, 11) is 0. The van der Waals surface area contributed by atoms with Crippen molar-refractivity contribution in [2.24, 2.45) is 0 Å². The molecule has 0 rings (SSSR count). The maximum absolute atomic E-state index is 13.2. The Morgan fingerprint density at radius 3 is 1.36 bits per heavy atom. The molecule has 0 saturated heterocycles. The number of hydrogen-bond donors (Lipinski definition) is 3. The maximum Gasteiger partial charge on any atom is 0.306 e. The van der Waals surface area contributed by atoms with E-state index in [1.807, 2.05) is 6.08 Å². The van der Waals surface area contributed by atoms with Gasteiger partial charge >= 0.3 is 5.97 Å². The zero-order valence-corrected chi connectivity index (χ0v) is 38.9. The first-order valence-electron chi connectivity index (χ1n) is 25.0. The number of esters is 1. The molecule has 0 aromatic rings. The number of amides is 1. The lowest BCUT2D eigenvalue weighted by molar-refractivity contribution is -0.150. The Hall–Kier alpha value is -2.44. The Kier molecular flexibility index (Phi) is 44.7. The van der Waals surface area contributed by atoms with Crippen LogP contribution < -0.4 is 5.32 Å². The van der Waals surface area contributed by atoms with Crippen molar-refractivity contribution < 1.29 is 24.5 Å². The van der Waals surface area contributed by atoms with Crippen LogP contribution >= 0.6 is 0 Å². The first kappa shape index (κ1) is 56.6. The fraction of sp³-hybridized carbons (Fsp3) is 0.774. The molecule has 0 bridgehead atoms. The number of hydrogen-bond acceptors (Lipinski definition) is 5. The van der Waals surface area contributed by atoms with Gasteiger partial charge in [-0.05, 0) is 83.5 Å². The minimum atomic E-state index is -0.807. The molecule has 3 unspecified atom stereocenters. The third-order valence-electron chi connectivity index (χ3n) is 11.1. The molecular weight excluding hydrogens is 731 g/mol. The fourth-order valence-electron chi connectivity index (χ4n) is 7.25. The quantitative estimate of drug-likeness (QED) is 0.0323. The highest BCUT2D eigenvalue weighted by molar-refractivity contribution is 5.77. The molecule has 6 heteroatoms. The van der Waals surface area contributed by atoms with Crippen molar-refractivity contribution in [1.82, 2.24) is 5.32 Å². The summed E-state index contributed by atoms with van der Waals surface area (Å²) in [6.45, 7) is 6.41. The van der Waals surface area contributed by atoms with Gasteiger partial charge in [-0.15, -0.1) is 0 Å². The van der Waals surface area contributed by atoms with Gasteiger partial charge in [-0.25, -0.2) is 0 Å². The number of aliphatic hydroxyl groups excluding tert-OH is 2. The molecule has 0 aliphatic rings. The van der Waals surface area contributed by atoms with E-state index >= 15 is 0 Å². The zero-order chi connectivity index (χ0) is 43.1. The second kappa shape index (κ2) is 46.6. The Balaban J connectivity index is 4.74. The van der Waals surface area contributed by atoms with Crippen LogP contribution in [0.3, 0.4) is 0 Å². The Labute approximate surface area is 365 Å². The van der Waals surface area contributed by atoms with Gasteiger partial charge in [-0.2, -0.15) is 0 Å². The monoisotopic (exact) mass is 826 g/mol. The largest absolute Gasteiger partial charge is 0.462 e. The van der Waals surface area contributed by atoms with Crippen LogP contribution in [0.4, 0.5) is 0 Å². The first-order valence-corrected chi connectivity index (χ1v) is 25.0. The molecule has 0 aliphatic carbocycles. The molecule has 342 valence electrons. The van der Waals surface area contributed by atoms with E-state index in [2.05, 4.69) is 80.8 Å². The molecule has 0 aromatic heterocycles. The maximum atomic E-state index is 13.2. The predicted molar refractivity (Wildman–Crippen MR) is 255 cm³/mol. The van der Waals surface area contributed by atoms with Crippen LogP contribution in [0.5, 0.6) is 0 Å². The molecular formula is C53H95NO5. The molecule has 6 nitrogen and oxygen atoms in total. The summed E-state index contributed by atoms with van der Waals surface area (Å²) in [5.74, 6) is -0.593. The SMILES string of the molecule is CCCCC/C=C\C/C=C\C/C=C\CCCCC(CC(=O)NC(CO)C(O)CCCCCCCCCCCCCC)OC(=O)CC/C=C/C/C=C\CCCCCCCC. The molecule has 0 radical (unpaired) electrons. The van der Waals surface area contributed by atoms with Gasteiger partial charge in [-0.3, -0.25) is 9.59 Å². The lowest BCUT2D eigenvalue weighted by Gasteiger charge is -2.24. The second-order valence-corrected chi connectivity index (χ2v) is 16.9. The van der Waals surface area contributed by atoms with E-state index in [0.29, 0.717) is 19.3 Å². The Morgan fingerprint density at radius 1 is 0.492 bits per heavy atom. The summed E-state index contributed by atoms with van der Waals surface area (Å²) in [5.41, 5.74) is 0. The third kappa shape index (κ3) is 42.1. The number of ether oxygens (including phenoxy) is 1. The van der Waals surface area contributed by atoms with Crippen molar-refractivity contribution in [3.05, 3.63) is 60.8 Å². The topological polar surface area (TPSA) is 95.9 Å². The predicted octanol–water partition coefficient (Wildman–Crippen LogP) is 14.8. The van der Waals surface area contributed by atoms with Crippen LogP contribution in [0, 0.1) is 0 Å². The van der Waals surface area contributed by atoms with E-state index in [1.54, 1.807) is 0 Å². The normalized spacial score (nSPS) is 13.8. The van der Waals surface area contributed by atoms with Crippen LogP contribution in [-0.4, -0.2) is 46.9 Å². The highest BCUT2D eigenvalue weighted by Crippen LogP contribution is 2.16. The lowest BCUT2D eigenvalue weighted by atomic mass is 10.0. The zero-order valence-electron chi connectivity index (χ0n) is 38.9. The molecule has 1 amide bonds. The first-order chi connectivity index (χ1) is 29.0. The minimum absolute atomic E-state index is 0.0283. The number of carbonyl (C=O) groups excluding carboxylic acids is 2. The molecule has 3 atom stereocenters. The highest BCUT2D eigenvalue weighted by atomic mass is 16.5. The molecule has 0 saturated carbocycles. The number of unbranched alkanes of at least 4 members (excludes halogenated alkanes) is 22. The van der Waals surface area contributed by atoms with Crippen LogP contribution in [0.25, 0.3) is 0 Å². The van der Waals surface area contributed by atoms with Crippen molar-refractivity contribution in [2.75, 3.05) is 6.61 Å². The summed E-state index contributed by atoms with van der Waals surface area (Å²) in [6, 6.07) is -0.724. The number of allylic oxidation sites excluding steroid dienone is 10. The van der Waals surface area contributed by atoms with Crippen LogP contribution in [0.2, 0.25) is 0 Å². The van der Waals surface area contributed by atoms with Crippen molar-refractivity contribution in [3.8, 4) is 0 Å². The second-order valence-electron chi connectivity index (χ2n) is 16.9. The fourth-order valence-corrected chi connectivity index (χ4v) is 7.25. The van der Waals surface area contributed by atoms with E-state index in [4.69, 9.17) is 4.74 Å². The van der Waals surface area contributed by atoms with Crippen molar-refractivity contribution in [3.63, 3.8) is 0 Å². The summed E-state index contributed by atoms with van der Waals surface area (Å²) in [4.78, 5) is 26.0. The van der Waals surface area contributed by atoms with E-state index in [-0.39, 0.29) is 31.3 Å². The standard InChI is InChI=1S/C53H95NO5/c1-4-7-10-13-16-19-22-25-26-28-29-32-35-38-41-44-49(59-53(58)46-43-40-37-34-31-27-23-20-17-14-11-8-5-2)47-52(57)54-50(48-55)51(56)45-42-39-36-33-30-24-21-18-15-12-9-6-3/h16,19,25-27,29,31-32,37,40,49-51,55-56H,4-15,17-18,20-24,28,30,33-36,38-39,41-48H2,1-3H3,(H,54,57)/b19-16-,26-25-,31-27-,32-29-,40-37+. The van der Waals surface area contributed by atoms with Crippen LogP contribution in [0.15, 0.2) is 60.8 Å². The smallest absolute Gasteiger partial charge is 0.306 e. The van der Waals surface area contributed by atoms with Crippen LogP contribution in [0.1, 0.15) is 239 Å². The minimum Gasteiger partial charge on any atom is -0.462 e. The van der Waals surface area contributed by atoms with Gasteiger partial charge in [0.25, 0.3) is 0 Å². The van der Waals surface area contributed by atoms with Crippen LogP contribution in [-0.2, 0) is 14.3 Å². The summed E-state index contributed by atoms with van der Waals surface area (Å²) < 4.78 is 5.87. The highest BCUT2D eigenvalue weighted by Gasteiger charge is 2.24. The molecule has 0 aromatic carbocycles. The average molecular weight is 826 g/mol. The van der Waals surface area contributed by atoms with Gasteiger partial charge in [0.05, 0.1) is 25.2 Å². The number of nitrogens with one attached hydrogen (secondary N) is 1. The van der Waals surface area contributed by atoms with Gasteiger partial charge in [0.1, 0.15) is 6.10 Å². The van der Waals surface area contributed by atoms with E-state index in [9.17, 15) is 19.8 Å². The number of carbonyl (C=O) groups is 2. The van der Waals surface area contributed by atoms with Gasteiger partial charge in [0.2, 0.25) is 5.91 Å². The van der Waals surface area contributed by atoms with Crippen molar-refractivity contribution >= 4 is 11.9 Å². The third-order valence-corrected chi connectivity index (χ3v) is 11.1. The van der Waals surface area contributed by atoms with Gasteiger partial charge < -0.3 is 20.3 Å². The molecule has 0 heterocycles. The number of rotatable bonds is 44. The van der Waals surface area contributed by atoms with Gasteiger partial charge in [-0.1, -0.05) is 204 Å². The molecule has 0 spiro atoms. The molecule has 59 heavy (non-hydrogen) atoms. The van der Waals surface area contributed by atoms with Crippen molar-refractivity contribution in [1.29, 1.82) is 0 Å². The Bertz CT molecular complexity index is 1060. The Morgan fingerprint density at radius 2 is 0.864 bits per heavy atom. The average Bonchev–Trinajstić information content (AvgIpc) is 3.23. The molecule has 3 N–H and O–H groups in total.